The highest BCUT2D eigenvalue weighted by atomic mass is 32.2. The predicted octanol–water partition coefficient (Wildman–Crippen LogP) is 3.37. The fourth-order valence-electron chi connectivity index (χ4n) is 2.11. The first-order valence-electron chi connectivity index (χ1n) is 6.54. The molecule has 0 aromatic heterocycles. The lowest BCUT2D eigenvalue weighted by atomic mass is 10.1. The molecular formula is C16H13NO3S. The molecule has 1 N–H and O–H groups in total. The highest BCUT2D eigenvalue weighted by Gasteiger charge is 2.32. The van der Waals surface area contributed by atoms with Crippen molar-refractivity contribution in [2.75, 3.05) is 0 Å². The second-order valence-corrected chi connectivity index (χ2v) is 5.79. The van der Waals surface area contributed by atoms with Crippen molar-refractivity contribution in [1.82, 2.24) is 5.32 Å². The minimum Gasteiger partial charge on any atom is -0.457 e. The number of hydrogen-bond acceptors (Lipinski definition) is 4. The molecular weight excluding hydrogens is 286 g/mol. The normalized spacial score (nSPS) is 17.6. The molecule has 1 fully saturated rings. The van der Waals surface area contributed by atoms with Crippen molar-refractivity contribution in [2.24, 2.45) is 0 Å². The Labute approximate surface area is 126 Å². The number of rotatable bonds is 4. The molecule has 106 valence electrons. The molecule has 4 nitrogen and oxygen atoms in total. The second-order valence-electron chi connectivity index (χ2n) is 4.61. The van der Waals surface area contributed by atoms with Crippen LogP contribution < -0.4 is 10.1 Å². The predicted molar refractivity (Wildman–Crippen MR) is 81.6 cm³/mol. The van der Waals surface area contributed by atoms with Crippen LogP contribution in [0.2, 0.25) is 0 Å². The fourth-order valence-corrected chi connectivity index (χ4v) is 2.96. The zero-order valence-corrected chi connectivity index (χ0v) is 11.9. The first-order chi connectivity index (χ1) is 10.2. The molecule has 2 aromatic rings. The van der Waals surface area contributed by atoms with Crippen molar-refractivity contribution in [2.45, 2.75) is 11.7 Å². The Kier molecular flexibility index (Phi) is 3.92. The number of benzene rings is 2. The minimum atomic E-state index is -0.391. The van der Waals surface area contributed by atoms with Crippen LogP contribution in [-0.4, -0.2) is 16.4 Å². The summed E-state index contributed by atoms with van der Waals surface area (Å²) >= 11 is 1.03. The van der Waals surface area contributed by atoms with E-state index in [4.69, 9.17) is 4.74 Å². The third kappa shape index (κ3) is 3.25. The number of para-hydroxylation sites is 2. The van der Waals surface area contributed by atoms with E-state index in [1.165, 1.54) is 0 Å². The summed E-state index contributed by atoms with van der Waals surface area (Å²) in [6, 6.07) is 17.0. The van der Waals surface area contributed by atoms with Crippen LogP contribution in [0.15, 0.2) is 54.6 Å². The number of carbonyl (C=O) groups is 2. The van der Waals surface area contributed by atoms with E-state index in [0.29, 0.717) is 12.2 Å². The highest BCUT2D eigenvalue weighted by Crippen LogP contribution is 2.30. The molecule has 0 saturated carbocycles. The summed E-state index contributed by atoms with van der Waals surface area (Å²) in [5.74, 6) is 1.21. The van der Waals surface area contributed by atoms with Gasteiger partial charge in [0, 0.05) is 0 Å². The van der Waals surface area contributed by atoms with Crippen LogP contribution in [0.25, 0.3) is 0 Å². The minimum absolute atomic E-state index is 0.237. The molecule has 2 aromatic carbocycles. The van der Waals surface area contributed by atoms with Gasteiger partial charge in [-0.2, -0.15) is 0 Å². The van der Waals surface area contributed by atoms with Gasteiger partial charge in [0.25, 0.3) is 5.24 Å². The van der Waals surface area contributed by atoms with Crippen LogP contribution in [0.5, 0.6) is 11.5 Å². The van der Waals surface area contributed by atoms with Gasteiger partial charge >= 0.3 is 0 Å². The SMILES string of the molecule is O=C1NC(=O)C(Cc2ccccc2Oc2ccccc2)S1. The van der Waals surface area contributed by atoms with Gasteiger partial charge in [-0.1, -0.05) is 48.2 Å². The van der Waals surface area contributed by atoms with Crippen molar-refractivity contribution in [3.05, 3.63) is 60.2 Å². The number of nitrogens with one attached hydrogen (secondary N) is 1. The van der Waals surface area contributed by atoms with Crippen LogP contribution in [0.3, 0.4) is 0 Å². The summed E-state index contributed by atoms with van der Waals surface area (Å²) in [5, 5.41) is 1.62. The number of carbonyl (C=O) groups excluding carboxylic acids is 2. The molecule has 3 rings (SSSR count). The van der Waals surface area contributed by atoms with E-state index in [1.807, 2.05) is 54.6 Å². The van der Waals surface area contributed by atoms with Gasteiger partial charge in [-0.3, -0.25) is 14.9 Å². The number of thioether (sulfide) groups is 1. The Bertz CT molecular complexity index is 672. The van der Waals surface area contributed by atoms with Gasteiger partial charge < -0.3 is 4.74 Å². The number of hydrogen-bond donors (Lipinski definition) is 1. The molecule has 5 heteroatoms. The van der Waals surface area contributed by atoms with E-state index >= 15 is 0 Å². The summed E-state index contributed by atoms with van der Waals surface area (Å²) in [7, 11) is 0. The Morgan fingerprint density at radius 1 is 1.00 bits per heavy atom. The molecule has 0 spiro atoms. The van der Waals surface area contributed by atoms with Gasteiger partial charge in [-0.15, -0.1) is 0 Å². The van der Waals surface area contributed by atoms with Gasteiger partial charge in [0.05, 0.1) is 5.25 Å². The quantitative estimate of drug-likeness (QED) is 0.940. The van der Waals surface area contributed by atoms with Gasteiger partial charge in [-0.25, -0.2) is 0 Å². The third-order valence-electron chi connectivity index (χ3n) is 3.12. The van der Waals surface area contributed by atoms with Gasteiger partial charge in [0.2, 0.25) is 5.91 Å². The van der Waals surface area contributed by atoms with E-state index in [2.05, 4.69) is 5.32 Å². The smallest absolute Gasteiger partial charge is 0.286 e. The molecule has 1 unspecified atom stereocenters. The Morgan fingerprint density at radius 3 is 2.43 bits per heavy atom. The molecule has 1 atom stereocenters. The first kappa shape index (κ1) is 13.7. The van der Waals surface area contributed by atoms with E-state index in [9.17, 15) is 9.59 Å². The molecule has 0 bridgehead atoms. The zero-order chi connectivity index (χ0) is 14.7. The monoisotopic (exact) mass is 299 g/mol. The summed E-state index contributed by atoms with van der Waals surface area (Å²) in [4.78, 5) is 22.9. The molecule has 1 aliphatic heterocycles. The summed E-state index contributed by atoms with van der Waals surface area (Å²) < 4.78 is 5.86. The highest BCUT2D eigenvalue weighted by molar-refractivity contribution is 8.15. The standard InChI is InChI=1S/C16H13NO3S/c18-15-14(21-16(19)17-15)10-11-6-4-5-9-13(11)20-12-7-2-1-3-8-12/h1-9,14H,10H2,(H,17,18,19). The average Bonchev–Trinajstić information content (AvgIpc) is 2.80. The van der Waals surface area contributed by atoms with Crippen molar-refractivity contribution in [3.63, 3.8) is 0 Å². The topological polar surface area (TPSA) is 55.4 Å². The van der Waals surface area contributed by atoms with Crippen LogP contribution in [-0.2, 0) is 11.2 Å². The molecule has 0 radical (unpaired) electrons. The molecule has 1 heterocycles. The number of imide groups is 1. The summed E-state index contributed by atoms with van der Waals surface area (Å²) in [6.07, 6.45) is 0.464. The maximum atomic E-state index is 11.7. The van der Waals surface area contributed by atoms with E-state index in [-0.39, 0.29) is 11.1 Å². The molecule has 0 aliphatic carbocycles. The molecule has 1 aliphatic rings. The van der Waals surface area contributed by atoms with Gasteiger partial charge in [-0.05, 0) is 30.2 Å². The maximum absolute atomic E-state index is 11.7. The zero-order valence-electron chi connectivity index (χ0n) is 11.1. The molecule has 1 saturated heterocycles. The Morgan fingerprint density at radius 2 is 1.71 bits per heavy atom. The molecule has 21 heavy (non-hydrogen) atoms. The van der Waals surface area contributed by atoms with Crippen molar-refractivity contribution in [3.8, 4) is 11.5 Å². The lowest BCUT2D eigenvalue weighted by Crippen LogP contribution is -2.25. The van der Waals surface area contributed by atoms with E-state index in [0.717, 1.165) is 23.1 Å². The third-order valence-corrected chi connectivity index (χ3v) is 4.10. The average molecular weight is 299 g/mol. The van der Waals surface area contributed by atoms with Crippen LogP contribution in [0.1, 0.15) is 5.56 Å². The fraction of sp³-hybridized carbons (Fsp3) is 0.125. The maximum Gasteiger partial charge on any atom is 0.286 e. The van der Waals surface area contributed by atoms with Crippen LogP contribution in [0, 0.1) is 0 Å². The van der Waals surface area contributed by atoms with Crippen molar-refractivity contribution in [1.29, 1.82) is 0 Å². The van der Waals surface area contributed by atoms with Crippen molar-refractivity contribution < 1.29 is 14.3 Å². The Hall–Kier alpha value is -2.27. The van der Waals surface area contributed by atoms with Crippen LogP contribution >= 0.6 is 11.8 Å². The number of amides is 2. The Balaban J connectivity index is 1.80. The van der Waals surface area contributed by atoms with Crippen LogP contribution in [0.4, 0.5) is 4.79 Å². The van der Waals surface area contributed by atoms with E-state index < -0.39 is 5.25 Å². The lowest BCUT2D eigenvalue weighted by molar-refractivity contribution is -0.118. The lowest BCUT2D eigenvalue weighted by Gasteiger charge is -2.12. The van der Waals surface area contributed by atoms with Gasteiger partial charge in [0.1, 0.15) is 11.5 Å². The first-order valence-corrected chi connectivity index (χ1v) is 7.42. The second kappa shape index (κ2) is 6.01. The summed E-state index contributed by atoms with van der Waals surface area (Å²) in [5.41, 5.74) is 0.906. The largest absolute Gasteiger partial charge is 0.457 e. The van der Waals surface area contributed by atoms with E-state index in [1.54, 1.807) is 0 Å². The molecule has 2 amide bonds. The van der Waals surface area contributed by atoms with Gasteiger partial charge in [0.15, 0.2) is 0 Å². The van der Waals surface area contributed by atoms with Crippen molar-refractivity contribution >= 4 is 22.9 Å². The number of ether oxygens (including phenoxy) is 1. The summed E-state index contributed by atoms with van der Waals surface area (Å²) in [6.45, 7) is 0.